The van der Waals surface area contributed by atoms with Gasteiger partial charge in [0.25, 0.3) is 0 Å². The lowest BCUT2D eigenvalue weighted by Crippen LogP contribution is -2.35. The summed E-state index contributed by atoms with van der Waals surface area (Å²) in [5.41, 5.74) is 0.807. The lowest BCUT2D eigenvalue weighted by Gasteiger charge is -2.33. The number of rotatable bonds is 4. The highest BCUT2D eigenvalue weighted by Gasteiger charge is 2.25. The lowest BCUT2D eigenvalue weighted by molar-refractivity contribution is -0.144. The van der Waals surface area contributed by atoms with Gasteiger partial charge in [0, 0.05) is 19.5 Å². The summed E-state index contributed by atoms with van der Waals surface area (Å²) in [4.78, 5) is 29.5. The maximum absolute atomic E-state index is 11.5. The maximum atomic E-state index is 11.5. The topological polar surface area (TPSA) is 84.0 Å². The zero-order chi connectivity index (χ0) is 14.7. The summed E-state index contributed by atoms with van der Waals surface area (Å²) < 4.78 is 5.02. The highest BCUT2D eigenvalue weighted by atomic mass is 16.5. The van der Waals surface area contributed by atoms with Gasteiger partial charge in [-0.05, 0) is 25.7 Å². The Morgan fingerprint density at radius 2 is 2.19 bits per heavy atom. The third-order valence-electron chi connectivity index (χ3n) is 3.88. The minimum atomic E-state index is -0.0873. The van der Waals surface area contributed by atoms with Gasteiger partial charge in [0.05, 0.1) is 12.9 Å². The second-order valence-corrected chi connectivity index (χ2v) is 5.24. The average molecular weight is 289 g/mol. The Labute approximate surface area is 123 Å². The minimum Gasteiger partial charge on any atom is -0.466 e. The van der Waals surface area contributed by atoms with Crippen LogP contribution >= 0.6 is 0 Å². The van der Waals surface area contributed by atoms with Gasteiger partial charge in [-0.25, -0.2) is 15.0 Å². The Hall–Kier alpha value is -2.18. The normalized spacial score (nSPS) is 16.3. The van der Waals surface area contributed by atoms with E-state index in [9.17, 15) is 4.79 Å². The molecule has 21 heavy (non-hydrogen) atoms. The second kappa shape index (κ2) is 6.07. The molecule has 0 aliphatic carbocycles. The number of hydrogen-bond donors (Lipinski definition) is 1. The van der Waals surface area contributed by atoms with Crippen LogP contribution in [0, 0.1) is 5.92 Å². The van der Waals surface area contributed by atoms with Crippen molar-refractivity contribution >= 4 is 11.8 Å². The molecule has 0 aromatic heterocycles. The van der Waals surface area contributed by atoms with Crippen molar-refractivity contribution in [2.75, 3.05) is 24.6 Å². The molecule has 7 nitrogen and oxygen atoms in total. The van der Waals surface area contributed by atoms with E-state index in [4.69, 9.17) is 4.74 Å². The van der Waals surface area contributed by atoms with Crippen molar-refractivity contribution in [3.05, 3.63) is 12.7 Å². The summed E-state index contributed by atoms with van der Waals surface area (Å²) in [7, 11) is 0. The molecule has 7 heteroatoms. The molecule has 0 bridgehead atoms. The van der Waals surface area contributed by atoms with Gasteiger partial charge in [-0.15, -0.1) is 0 Å². The number of ether oxygens (including phenoxy) is 1. The van der Waals surface area contributed by atoms with Crippen molar-refractivity contribution in [3.8, 4) is 11.5 Å². The number of nitrogens with zero attached hydrogens (tertiary/aromatic N) is 4. The Morgan fingerprint density at radius 1 is 1.38 bits per heavy atom. The summed E-state index contributed by atoms with van der Waals surface area (Å²) in [6, 6.07) is 0. The van der Waals surface area contributed by atoms with Gasteiger partial charge in [0.2, 0.25) is 0 Å². The van der Waals surface area contributed by atoms with E-state index < -0.39 is 0 Å². The monoisotopic (exact) mass is 289 g/mol. The smallest absolute Gasteiger partial charge is 0.306 e. The van der Waals surface area contributed by atoms with E-state index in [0.29, 0.717) is 24.8 Å². The number of piperidine rings is 1. The summed E-state index contributed by atoms with van der Waals surface area (Å²) in [5.74, 6) is 1.95. The predicted molar refractivity (Wildman–Crippen MR) is 77.0 cm³/mol. The number of nitrogens with one attached hydrogen (secondary N) is 1. The number of esters is 1. The lowest BCUT2D eigenvalue weighted by atomic mass is 9.93. The summed E-state index contributed by atoms with van der Waals surface area (Å²) in [5, 5.41) is 0. The second-order valence-electron chi connectivity index (χ2n) is 5.24. The highest BCUT2D eigenvalue weighted by Crippen LogP contribution is 2.29. The van der Waals surface area contributed by atoms with Crippen LogP contribution in [0.5, 0.6) is 0 Å². The van der Waals surface area contributed by atoms with Gasteiger partial charge in [0.15, 0.2) is 5.82 Å². The van der Waals surface area contributed by atoms with E-state index in [2.05, 4.69) is 24.8 Å². The third-order valence-corrected chi connectivity index (χ3v) is 3.88. The van der Waals surface area contributed by atoms with Gasteiger partial charge >= 0.3 is 5.97 Å². The Kier molecular flexibility index (Phi) is 3.98. The number of aromatic nitrogens is 4. The number of H-pyrrole nitrogens is 1. The maximum Gasteiger partial charge on any atom is 0.306 e. The number of fused-ring (bicyclic) bond motifs is 1. The van der Waals surface area contributed by atoms with Crippen LogP contribution in [0.4, 0.5) is 5.82 Å². The molecule has 0 atom stereocenters. The molecule has 1 N–H and O–H groups in total. The SMILES string of the molecule is CCOC(=O)CC1CCN(c2[nH]cnc3ncnc2-3)CC1. The quantitative estimate of drug-likeness (QED) is 0.858. The fraction of sp³-hybridized carbons (Fsp3) is 0.571. The summed E-state index contributed by atoms with van der Waals surface area (Å²) >= 11 is 0. The molecule has 0 spiro atoms. The first-order chi connectivity index (χ1) is 10.3. The van der Waals surface area contributed by atoms with E-state index in [1.807, 2.05) is 6.92 Å². The molecule has 3 rings (SSSR count). The number of carbonyl (C=O) groups excluding carboxylic acids is 1. The molecule has 0 radical (unpaired) electrons. The summed E-state index contributed by atoms with van der Waals surface area (Å²) in [6.45, 7) is 4.09. The summed E-state index contributed by atoms with van der Waals surface area (Å²) in [6.07, 6.45) is 5.65. The Morgan fingerprint density at radius 3 is 2.95 bits per heavy atom. The fourth-order valence-electron chi connectivity index (χ4n) is 2.80. The van der Waals surface area contributed by atoms with Gasteiger partial charge < -0.3 is 14.6 Å². The number of anilines is 1. The molecular weight excluding hydrogens is 270 g/mol. The third kappa shape index (κ3) is 2.96. The largest absolute Gasteiger partial charge is 0.466 e. The van der Waals surface area contributed by atoms with Crippen molar-refractivity contribution in [2.24, 2.45) is 5.92 Å². The molecule has 112 valence electrons. The first-order valence-electron chi connectivity index (χ1n) is 7.32. The van der Waals surface area contributed by atoms with Crippen LogP contribution in [0.15, 0.2) is 12.7 Å². The molecule has 0 saturated carbocycles. The van der Waals surface area contributed by atoms with E-state index in [1.54, 1.807) is 6.33 Å². The first-order valence-corrected chi connectivity index (χ1v) is 7.32. The molecule has 0 aromatic carbocycles. The van der Waals surface area contributed by atoms with Crippen molar-refractivity contribution in [1.29, 1.82) is 0 Å². The van der Waals surface area contributed by atoms with Crippen LogP contribution < -0.4 is 4.90 Å². The standard InChI is InChI=1S/C14H19N5O2/c1-2-21-11(20)7-10-3-5-19(6-4-10)14-12-13(16-8-15-12)17-9-18-14/h8-10H,2-7H2,1H3,(H,15,16,17,18). The van der Waals surface area contributed by atoms with Crippen LogP contribution in [0.3, 0.4) is 0 Å². The van der Waals surface area contributed by atoms with E-state index in [1.165, 1.54) is 6.33 Å². The first kappa shape index (κ1) is 13.8. The van der Waals surface area contributed by atoms with Crippen LogP contribution in [0.25, 0.3) is 11.5 Å². The van der Waals surface area contributed by atoms with Crippen molar-refractivity contribution in [3.63, 3.8) is 0 Å². The van der Waals surface area contributed by atoms with E-state index >= 15 is 0 Å². The zero-order valence-corrected chi connectivity index (χ0v) is 12.1. The van der Waals surface area contributed by atoms with E-state index in [0.717, 1.165) is 37.4 Å². The van der Waals surface area contributed by atoms with Gasteiger partial charge in [-0.1, -0.05) is 0 Å². The Balaban J connectivity index is 1.61. The number of hydrogen-bond acceptors (Lipinski definition) is 6. The van der Waals surface area contributed by atoms with Gasteiger partial charge in [-0.3, -0.25) is 4.79 Å². The van der Waals surface area contributed by atoms with Crippen LogP contribution in [0.1, 0.15) is 26.2 Å². The molecule has 1 fully saturated rings. The molecule has 3 aliphatic heterocycles. The molecular formula is C14H19N5O2. The van der Waals surface area contributed by atoms with Crippen LogP contribution in [-0.4, -0.2) is 45.6 Å². The minimum absolute atomic E-state index is 0.0873. The van der Waals surface area contributed by atoms with Gasteiger partial charge in [0.1, 0.15) is 17.8 Å². The molecule has 3 heterocycles. The Bertz CT molecular complexity index is 577. The highest BCUT2D eigenvalue weighted by molar-refractivity contribution is 5.70. The molecule has 0 aromatic rings. The number of imidazole rings is 1. The molecule has 0 unspecified atom stereocenters. The van der Waals surface area contributed by atoms with E-state index in [-0.39, 0.29) is 5.97 Å². The van der Waals surface area contributed by atoms with Gasteiger partial charge in [-0.2, -0.15) is 0 Å². The predicted octanol–water partition coefficient (Wildman–Crippen LogP) is 1.47. The number of aromatic amines is 1. The van der Waals surface area contributed by atoms with Crippen molar-refractivity contribution < 1.29 is 9.53 Å². The van der Waals surface area contributed by atoms with Crippen LogP contribution in [0.2, 0.25) is 0 Å². The van der Waals surface area contributed by atoms with Crippen molar-refractivity contribution in [1.82, 2.24) is 19.9 Å². The molecule has 0 amide bonds. The average Bonchev–Trinajstić information content (AvgIpc) is 2.97. The molecule has 1 saturated heterocycles. The van der Waals surface area contributed by atoms with Crippen molar-refractivity contribution in [2.45, 2.75) is 26.2 Å². The zero-order valence-electron chi connectivity index (χ0n) is 12.1. The number of carbonyl (C=O) groups is 1. The fourth-order valence-corrected chi connectivity index (χ4v) is 2.80. The molecule has 3 aliphatic rings. The van der Waals surface area contributed by atoms with Crippen LogP contribution in [-0.2, 0) is 9.53 Å².